The molecule has 0 saturated carbocycles. The van der Waals surface area contributed by atoms with Crippen LogP contribution in [-0.2, 0) is 4.74 Å². The van der Waals surface area contributed by atoms with Gasteiger partial charge >= 0.3 is 0 Å². The molecule has 6 nitrogen and oxygen atoms in total. The van der Waals surface area contributed by atoms with Gasteiger partial charge in [0.1, 0.15) is 12.4 Å². The van der Waals surface area contributed by atoms with Gasteiger partial charge in [0.25, 0.3) is 5.91 Å². The topological polar surface area (TPSA) is 76.2 Å². The zero-order valence-electron chi connectivity index (χ0n) is 12.4. The minimum atomic E-state index is -0.0575. The molecule has 23 heavy (non-hydrogen) atoms. The normalized spacial score (nSPS) is 20.6. The fourth-order valence-electron chi connectivity index (χ4n) is 3.10. The summed E-state index contributed by atoms with van der Waals surface area (Å²) in [5.74, 6) is 0.837. The fourth-order valence-corrected chi connectivity index (χ4v) is 3.81. The van der Waals surface area contributed by atoms with Crippen molar-refractivity contribution < 1.29 is 14.3 Å². The summed E-state index contributed by atoms with van der Waals surface area (Å²) in [6, 6.07) is 1.89. The third-order valence-corrected chi connectivity index (χ3v) is 5.06. The Morgan fingerprint density at radius 1 is 1.30 bits per heavy atom. The van der Waals surface area contributed by atoms with Crippen LogP contribution in [0.1, 0.15) is 28.4 Å². The Hall–Kier alpha value is -1.86. The number of carbonyl (C=O) groups is 1. The second kappa shape index (κ2) is 5.98. The minimum absolute atomic E-state index is 0.0575. The molecule has 2 aromatic heterocycles. The number of hydrogen-bond donors (Lipinski definition) is 2. The van der Waals surface area contributed by atoms with E-state index >= 15 is 0 Å². The Balaban J connectivity index is 1.91. The number of nitrogens with zero attached hydrogens (tertiary/aromatic N) is 1. The number of aromatic nitrogens is 2. The Bertz CT molecular complexity index is 759. The molecule has 4 rings (SSSR count). The van der Waals surface area contributed by atoms with Crippen molar-refractivity contribution in [3.8, 4) is 17.0 Å². The van der Waals surface area contributed by atoms with Gasteiger partial charge in [0, 0.05) is 36.5 Å². The third kappa shape index (κ3) is 2.53. The van der Waals surface area contributed by atoms with E-state index in [0.29, 0.717) is 37.7 Å². The largest absolute Gasteiger partial charge is 0.489 e. The highest BCUT2D eigenvalue weighted by Gasteiger charge is 2.32. The number of hydrogen-bond acceptors (Lipinski definition) is 4. The molecular weight excluding hydrogens is 362 g/mol. The van der Waals surface area contributed by atoms with E-state index in [9.17, 15) is 4.79 Å². The summed E-state index contributed by atoms with van der Waals surface area (Å²) in [6.45, 7) is 2.27. The van der Waals surface area contributed by atoms with Crippen molar-refractivity contribution in [2.45, 2.75) is 12.3 Å². The average molecular weight is 378 g/mol. The number of pyridine rings is 1. The maximum atomic E-state index is 12.3. The molecular formula is C16H16BrN3O3. The molecule has 0 radical (unpaired) electrons. The maximum absolute atomic E-state index is 12.3. The molecule has 2 aromatic rings. The highest BCUT2D eigenvalue weighted by atomic mass is 79.9. The van der Waals surface area contributed by atoms with Crippen molar-refractivity contribution in [1.29, 1.82) is 0 Å². The van der Waals surface area contributed by atoms with Crippen LogP contribution in [0.5, 0.6) is 5.75 Å². The molecule has 0 aromatic carbocycles. The van der Waals surface area contributed by atoms with Gasteiger partial charge in [-0.1, -0.05) is 0 Å². The summed E-state index contributed by atoms with van der Waals surface area (Å²) in [7, 11) is 0. The quantitative estimate of drug-likeness (QED) is 0.739. The lowest BCUT2D eigenvalue weighted by Crippen LogP contribution is -2.35. The third-order valence-electron chi connectivity index (χ3n) is 4.26. The Kier molecular flexibility index (Phi) is 3.82. The number of rotatable bonds is 0. The van der Waals surface area contributed by atoms with Crippen molar-refractivity contribution in [2.75, 3.05) is 26.4 Å². The second-order valence-electron chi connectivity index (χ2n) is 5.63. The lowest BCUT2D eigenvalue weighted by molar-refractivity contribution is 0.0883. The predicted molar refractivity (Wildman–Crippen MR) is 87.7 cm³/mol. The van der Waals surface area contributed by atoms with Crippen LogP contribution >= 0.6 is 15.9 Å². The Labute approximate surface area is 141 Å². The van der Waals surface area contributed by atoms with Gasteiger partial charge in [0.05, 0.1) is 28.5 Å². The van der Waals surface area contributed by atoms with Crippen LogP contribution in [0.25, 0.3) is 11.3 Å². The van der Waals surface area contributed by atoms with E-state index in [1.165, 1.54) is 0 Å². The summed E-state index contributed by atoms with van der Waals surface area (Å²) in [6.07, 6.45) is 4.25. The van der Waals surface area contributed by atoms with Crippen LogP contribution in [0, 0.1) is 0 Å². The van der Waals surface area contributed by atoms with Crippen LogP contribution in [0.15, 0.2) is 22.9 Å². The summed E-state index contributed by atoms with van der Waals surface area (Å²) in [5.41, 5.74) is 3.38. The van der Waals surface area contributed by atoms with Gasteiger partial charge in [-0.05, 0) is 28.4 Å². The average Bonchev–Trinajstić information content (AvgIpc) is 2.90. The first kappa shape index (κ1) is 14.7. The molecule has 7 heteroatoms. The number of amides is 1. The van der Waals surface area contributed by atoms with Crippen molar-refractivity contribution in [1.82, 2.24) is 15.3 Å². The van der Waals surface area contributed by atoms with E-state index in [-0.39, 0.29) is 11.8 Å². The van der Waals surface area contributed by atoms with E-state index < -0.39 is 0 Å². The molecule has 2 aliphatic heterocycles. The number of halogens is 1. The van der Waals surface area contributed by atoms with E-state index in [1.54, 1.807) is 12.4 Å². The van der Waals surface area contributed by atoms with Gasteiger partial charge in [-0.3, -0.25) is 9.78 Å². The number of aromatic amines is 1. The summed E-state index contributed by atoms with van der Waals surface area (Å²) >= 11 is 3.59. The molecule has 1 atom stereocenters. The highest BCUT2D eigenvalue weighted by molar-refractivity contribution is 9.10. The molecule has 0 fully saturated rings. The number of H-pyrrole nitrogens is 1. The number of fused-ring (bicyclic) bond motifs is 3. The van der Waals surface area contributed by atoms with Gasteiger partial charge in [-0.25, -0.2) is 0 Å². The summed E-state index contributed by atoms with van der Waals surface area (Å²) < 4.78 is 12.2. The molecule has 2 N–H and O–H groups in total. The van der Waals surface area contributed by atoms with Gasteiger partial charge < -0.3 is 19.8 Å². The first-order chi connectivity index (χ1) is 11.3. The van der Waals surface area contributed by atoms with Crippen molar-refractivity contribution in [3.63, 3.8) is 0 Å². The van der Waals surface area contributed by atoms with E-state index in [0.717, 1.165) is 27.8 Å². The van der Waals surface area contributed by atoms with Crippen molar-refractivity contribution in [2.24, 2.45) is 0 Å². The predicted octanol–water partition coefficient (Wildman–Crippen LogP) is 2.47. The van der Waals surface area contributed by atoms with Crippen LogP contribution < -0.4 is 10.1 Å². The van der Waals surface area contributed by atoms with Gasteiger partial charge in [-0.15, -0.1) is 0 Å². The van der Waals surface area contributed by atoms with Crippen molar-refractivity contribution in [3.05, 3.63) is 34.2 Å². The summed E-state index contributed by atoms with van der Waals surface area (Å²) in [4.78, 5) is 19.9. The smallest absolute Gasteiger partial charge is 0.254 e. The van der Waals surface area contributed by atoms with Crippen molar-refractivity contribution >= 4 is 21.8 Å². The Morgan fingerprint density at radius 2 is 2.22 bits per heavy atom. The maximum Gasteiger partial charge on any atom is 0.254 e. The van der Waals surface area contributed by atoms with Crippen LogP contribution in [0.3, 0.4) is 0 Å². The zero-order valence-corrected chi connectivity index (χ0v) is 14.0. The van der Waals surface area contributed by atoms with Crippen LogP contribution in [0.2, 0.25) is 0 Å². The Morgan fingerprint density at radius 3 is 3.13 bits per heavy atom. The molecule has 1 amide bonds. The van der Waals surface area contributed by atoms with Gasteiger partial charge in [-0.2, -0.15) is 0 Å². The second-order valence-corrected chi connectivity index (χ2v) is 6.42. The minimum Gasteiger partial charge on any atom is -0.489 e. The lowest BCUT2D eigenvalue weighted by atomic mass is 9.95. The molecule has 2 aliphatic rings. The van der Waals surface area contributed by atoms with Gasteiger partial charge in [0.15, 0.2) is 0 Å². The fraction of sp³-hybridized carbons (Fsp3) is 0.375. The first-order valence-corrected chi connectivity index (χ1v) is 8.39. The molecule has 1 unspecified atom stereocenters. The molecule has 4 heterocycles. The standard InChI is InChI=1S/C16H16BrN3O3/c17-13-12-14-9(7-19-16(12)21)2-4-22-5-6-23-11-8-18-3-1-10(11)15(13)20-14/h1,3,8-9,20H,2,4-7H2,(H,19,21). The lowest BCUT2D eigenvalue weighted by Gasteiger charge is -2.23. The van der Waals surface area contributed by atoms with Gasteiger partial charge in [0.2, 0.25) is 0 Å². The number of carbonyl (C=O) groups excluding carboxylic acids is 1. The SMILES string of the molecule is O=C1NCC2CCOCCOc3cnccc3-c3[nH]c2c1c3Br. The summed E-state index contributed by atoms with van der Waals surface area (Å²) in [5, 5.41) is 2.96. The molecule has 2 bridgehead atoms. The number of nitrogens with one attached hydrogen (secondary N) is 2. The molecule has 0 aliphatic carbocycles. The van der Waals surface area contributed by atoms with Crippen LogP contribution in [0.4, 0.5) is 0 Å². The molecule has 0 spiro atoms. The van der Waals surface area contributed by atoms with E-state index in [1.807, 2.05) is 6.07 Å². The molecule has 120 valence electrons. The zero-order chi connectivity index (χ0) is 15.8. The van der Waals surface area contributed by atoms with E-state index in [4.69, 9.17) is 9.47 Å². The first-order valence-electron chi connectivity index (χ1n) is 7.60. The monoisotopic (exact) mass is 377 g/mol. The molecule has 0 saturated heterocycles. The number of ether oxygens (including phenoxy) is 2. The van der Waals surface area contributed by atoms with Crippen LogP contribution in [-0.4, -0.2) is 42.2 Å². The highest BCUT2D eigenvalue weighted by Crippen LogP contribution is 2.41. The van der Waals surface area contributed by atoms with E-state index in [2.05, 4.69) is 31.2 Å².